The maximum absolute atomic E-state index is 12.9. The predicted molar refractivity (Wildman–Crippen MR) is 69.5 cm³/mol. The standard InChI is InChI=1S/C11H14F2NO6P/c1-3-18-21(17,19-4-2)20-10-6-5-8(14(15)16)7-9(10)11(12)13/h5-7,11H,3-4H2,1-2H3. The highest BCUT2D eigenvalue weighted by atomic mass is 31.2. The lowest BCUT2D eigenvalue weighted by atomic mass is 10.2. The molecule has 0 N–H and O–H groups in total. The monoisotopic (exact) mass is 325 g/mol. The van der Waals surface area contributed by atoms with Crippen LogP contribution in [0, 0.1) is 10.1 Å². The molecule has 1 rings (SSSR count). The highest BCUT2D eigenvalue weighted by molar-refractivity contribution is 7.48. The Morgan fingerprint density at radius 1 is 1.29 bits per heavy atom. The summed E-state index contributed by atoms with van der Waals surface area (Å²) in [4.78, 5) is 9.77. The number of hydrogen-bond acceptors (Lipinski definition) is 6. The predicted octanol–water partition coefficient (Wildman–Crippen LogP) is 4.09. The highest BCUT2D eigenvalue weighted by Gasteiger charge is 2.30. The van der Waals surface area contributed by atoms with Crippen LogP contribution in [0.4, 0.5) is 14.5 Å². The molecule has 0 aliphatic carbocycles. The number of hydrogen-bond donors (Lipinski definition) is 0. The topological polar surface area (TPSA) is 87.9 Å². The van der Waals surface area contributed by atoms with E-state index in [1.165, 1.54) is 13.8 Å². The first kappa shape index (κ1) is 17.5. The van der Waals surface area contributed by atoms with Crippen LogP contribution in [0.1, 0.15) is 25.8 Å². The van der Waals surface area contributed by atoms with Gasteiger partial charge in [0.05, 0.1) is 23.7 Å². The van der Waals surface area contributed by atoms with Crippen LogP contribution >= 0.6 is 7.82 Å². The molecule has 0 unspecified atom stereocenters. The molecule has 0 aromatic heterocycles. The van der Waals surface area contributed by atoms with Crippen LogP contribution in [0.3, 0.4) is 0 Å². The van der Waals surface area contributed by atoms with E-state index in [-0.39, 0.29) is 13.2 Å². The number of nitrogens with zero attached hydrogens (tertiary/aromatic N) is 1. The van der Waals surface area contributed by atoms with Crippen molar-refractivity contribution >= 4 is 13.5 Å². The number of phosphoric ester groups is 1. The number of benzene rings is 1. The average Bonchev–Trinajstić information content (AvgIpc) is 2.38. The van der Waals surface area contributed by atoms with E-state index >= 15 is 0 Å². The van der Waals surface area contributed by atoms with Gasteiger partial charge in [0.2, 0.25) is 0 Å². The molecular formula is C11H14F2NO6P. The van der Waals surface area contributed by atoms with E-state index in [9.17, 15) is 23.5 Å². The van der Waals surface area contributed by atoms with Crippen molar-refractivity contribution in [3.05, 3.63) is 33.9 Å². The van der Waals surface area contributed by atoms with Crippen LogP contribution in [-0.4, -0.2) is 18.1 Å². The molecule has 7 nitrogen and oxygen atoms in total. The minimum atomic E-state index is -4.05. The van der Waals surface area contributed by atoms with Gasteiger partial charge in [0.25, 0.3) is 12.1 Å². The van der Waals surface area contributed by atoms with Crippen molar-refractivity contribution < 1.29 is 31.8 Å². The molecule has 10 heteroatoms. The second-order valence-corrected chi connectivity index (χ2v) is 5.25. The summed E-state index contributed by atoms with van der Waals surface area (Å²) in [6.07, 6.45) is -3.04. The van der Waals surface area contributed by atoms with Crippen LogP contribution in [0.25, 0.3) is 0 Å². The van der Waals surface area contributed by atoms with Crippen molar-refractivity contribution in [3.8, 4) is 5.75 Å². The van der Waals surface area contributed by atoms with E-state index in [0.29, 0.717) is 6.07 Å². The minimum Gasteiger partial charge on any atom is -0.403 e. The first-order valence-corrected chi connectivity index (χ1v) is 7.44. The van der Waals surface area contributed by atoms with Gasteiger partial charge < -0.3 is 4.52 Å². The lowest BCUT2D eigenvalue weighted by Crippen LogP contribution is -2.04. The lowest BCUT2D eigenvalue weighted by Gasteiger charge is -2.18. The summed E-state index contributed by atoms with van der Waals surface area (Å²) >= 11 is 0. The van der Waals surface area contributed by atoms with Crippen molar-refractivity contribution in [2.75, 3.05) is 13.2 Å². The Labute approximate surface area is 119 Å². The van der Waals surface area contributed by atoms with Gasteiger partial charge in [0, 0.05) is 12.1 Å². The van der Waals surface area contributed by atoms with Crippen LogP contribution in [0.2, 0.25) is 0 Å². The molecule has 0 spiro atoms. The fourth-order valence-electron chi connectivity index (χ4n) is 1.43. The van der Waals surface area contributed by atoms with E-state index < -0.39 is 36.2 Å². The third-order valence-electron chi connectivity index (χ3n) is 2.22. The van der Waals surface area contributed by atoms with E-state index in [2.05, 4.69) is 0 Å². The molecule has 0 fully saturated rings. The van der Waals surface area contributed by atoms with E-state index in [1.807, 2.05) is 0 Å². The van der Waals surface area contributed by atoms with Crippen LogP contribution in [0.15, 0.2) is 18.2 Å². The zero-order valence-corrected chi connectivity index (χ0v) is 12.2. The molecule has 0 aliphatic heterocycles. The number of halogens is 2. The molecule has 0 aliphatic rings. The van der Waals surface area contributed by atoms with E-state index in [1.54, 1.807) is 0 Å². The number of non-ortho nitro benzene ring substituents is 1. The Hall–Kier alpha value is -1.57. The summed E-state index contributed by atoms with van der Waals surface area (Å²) in [6, 6.07) is 2.55. The van der Waals surface area contributed by atoms with E-state index in [0.717, 1.165) is 12.1 Å². The summed E-state index contributed by atoms with van der Waals surface area (Å²) in [5, 5.41) is 10.6. The second kappa shape index (κ2) is 7.44. The van der Waals surface area contributed by atoms with Crippen molar-refractivity contribution in [1.29, 1.82) is 0 Å². The van der Waals surface area contributed by atoms with Gasteiger partial charge in [-0.25, -0.2) is 13.3 Å². The van der Waals surface area contributed by atoms with E-state index in [4.69, 9.17) is 13.6 Å². The third kappa shape index (κ3) is 4.73. The number of phosphoric acid groups is 1. The van der Waals surface area contributed by atoms with Gasteiger partial charge in [-0.2, -0.15) is 0 Å². The smallest absolute Gasteiger partial charge is 0.403 e. The lowest BCUT2D eigenvalue weighted by molar-refractivity contribution is -0.385. The summed E-state index contributed by atoms with van der Waals surface area (Å²) in [6.45, 7) is 3.01. The molecule has 118 valence electrons. The fraction of sp³-hybridized carbons (Fsp3) is 0.455. The molecule has 0 atom stereocenters. The Kier molecular flexibility index (Phi) is 6.19. The second-order valence-electron chi connectivity index (χ2n) is 3.65. The van der Waals surface area contributed by atoms with Crippen LogP contribution in [0.5, 0.6) is 5.75 Å². The third-order valence-corrected chi connectivity index (χ3v) is 3.79. The Morgan fingerprint density at radius 3 is 2.29 bits per heavy atom. The number of nitro groups is 1. The molecule has 21 heavy (non-hydrogen) atoms. The largest absolute Gasteiger partial charge is 0.530 e. The minimum absolute atomic E-state index is 0.0196. The maximum atomic E-state index is 12.9. The van der Waals surface area contributed by atoms with Crippen molar-refractivity contribution in [2.45, 2.75) is 20.3 Å². The molecular weight excluding hydrogens is 311 g/mol. The normalized spacial score (nSPS) is 11.7. The molecule has 0 saturated heterocycles. The van der Waals surface area contributed by atoms with Gasteiger partial charge in [-0.05, 0) is 19.9 Å². The van der Waals surface area contributed by atoms with Crippen molar-refractivity contribution in [2.24, 2.45) is 0 Å². The van der Waals surface area contributed by atoms with Gasteiger partial charge >= 0.3 is 7.82 Å². The van der Waals surface area contributed by atoms with Crippen molar-refractivity contribution in [1.82, 2.24) is 0 Å². The van der Waals surface area contributed by atoms with Crippen molar-refractivity contribution in [3.63, 3.8) is 0 Å². The quantitative estimate of drug-likeness (QED) is 0.406. The molecule has 1 aromatic carbocycles. The Morgan fingerprint density at radius 2 is 1.86 bits per heavy atom. The van der Waals surface area contributed by atoms with Crippen LogP contribution in [-0.2, 0) is 13.6 Å². The van der Waals surface area contributed by atoms with Gasteiger partial charge in [0.15, 0.2) is 0 Å². The maximum Gasteiger partial charge on any atom is 0.530 e. The fourth-order valence-corrected chi connectivity index (χ4v) is 2.65. The Balaban J connectivity index is 3.17. The first-order chi connectivity index (χ1) is 9.83. The summed E-state index contributed by atoms with van der Waals surface area (Å²) in [5.74, 6) is -0.485. The average molecular weight is 325 g/mol. The summed E-state index contributed by atoms with van der Waals surface area (Å²) in [5.41, 5.74) is -1.29. The molecule has 0 bridgehead atoms. The van der Waals surface area contributed by atoms with Gasteiger partial charge in [-0.15, -0.1) is 0 Å². The number of alkyl halides is 2. The zero-order chi connectivity index (χ0) is 16.0. The SMILES string of the molecule is CCOP(=O)(OCC)Oc1ccc([N+](=O)[O-])cc1C(F)F. The molecule has 0 heterocycles. The van der Waals surface area contributed by atoms with Gasteiger partial charge in [0.1, 0.15) is 5.75 Å². The number of rotatable bonds is 8. The first-order valence-electron chi connectivity index (χ1n) is 5.98. The summed E-state index contributed by atoms with van der Waals surface area (Å²) < 4.78 is 52.6. The van der Waals surface area contributed by atoms with Crippen LogP contribution < -0.4 is 4.52 Å². The van der Waals surface area contributed by atoms with Gasteiger partial charge in [-0.3, -0.25) is 19.2 Å². The summed E-state index contributed by atoms with van der Waals surface area (Å²) in [7, 11) is -4.05. The molecule has 0 amide bonds. The highest BCUT2D eigenvalue weighted by Crippen LogP contribution is 2.51. The molecule has 0 radical (unpaired) electrons. The zero-order valence-electron chi connectivity index (χ0n) is 11.3. The Bertz CT molecular complexity index is 544. The molecule has 1 aromatic rings. The van der Waals surface area contributed by atoms with Gasteiger partial charge in [-0.1, -0.05) is 0 Å². The number of nitro benzene ring substituents is 1. The molecule has 0 saturated carbocycles.